The summed E-state index contributed by atoms with van der Waals surface area (Å²) in [6.07, 6.45) is 0.958. The summed E-state index contributed by atoms with van der Waals surface area (Å²) in [5, 5.41) is 9.62. The van der Waals surface area contributed by atoms with E-state index in [9.17, 15) is 0 Å². The number of aryl methyl sites for hydroxylation is 1. The van der Waals surface area contributed by atoms with Crippen molar-refractivity contribution in [3.8, 4) is 0 Å². The molecule has 0 saturated carbocycles. The fraction of sp³-hybridized carbons (Fsp3) is 0.385. The highest BCUT2D eigenvalue weighted by molar-refractivity contribution is 7.03. The number of nitrogens with one attached hydrogen (secondary N) is 1. The Hall–Kier alpha value is -1.26. The van der Waals surface area contributed by atoms with Gasteiger partial charge in [0.2, 0.25) is 0 Å². The average molecular weight is 247 g/mol. The van der Waals surface area contributed by atoms with Crippen molar-refractivity contribution in [3.05, 3.63) is 46.5 Å². The van der Waals surface area contributed by atoms with Crippen LogP contribution in [-0.2, 0) is 6.42 Å². The summed E-state index contributed by atoms with van der Waals surface area (Å²) < 4.78 is 3.93. The summed E-state index contributed by atoms with van der Waals surface area (Å²) in [6, 6.07) is 8.93. The first-order valence-corrected chi connectivity index (χ1v) is 6.69. The minimum absolute atomic E-state index is 0.265. The van der Waals surface area contributed by atoms with E-state index in [0.717, 1.165) is 18.7 Å². The molecule has 0 bridgehead atoms. The molecule has 0 aliphatic rings. The van der Waals surface area contributed by atoms with Crippen LogP contribution in [0.2, 0.25) is 0 Å². The second-order valence-electron chi connectivity index (χ2n) is 4.13. The van der Waals surface area contributed by atoms with Gasteiger partial charge in [0.25, 0.3) is 0 Å². The number of aromatic nitrogens is 2. The van der Waals surface area contributed by atoms with Crippen molar-refractivity contribution in [2.75, 3.05) is 6.54 Å². The molecular weight excluding hydrogens is 230 g/mol. The summed E-state index contributed by atoms with van der Waals surface area (Å²) in [6.45, 7) is 5.16. The predicted molar refractivity (Wildman–Crippen MR) is 71.2 cm³/mol. The lowest BCUT2D eigenvalue weighted by Crippen LogP contribution is -2.23. The van der Waals surface area contributed by atoms with Crippen LogP contribution in [0.3, 0.4) is 0 Å². The molecule has 90 valence electrons. The average Bonchev–Trinajstić information content (AvgIpc) is 2.85. The maximum atomic E-state index is 4.15. The molecule has 0 aliphatic heterocycles. The number of rotatable bonds is 5. The third-order valence-corrected chi connectivity index (χ3v) is 3.27. The fourth-order valence-electron chi connectivity index (χ4n) is 1.81. The maximum Gasteiger partial charge on any atom is 0.0928 e. The van der Waals surface area contributed by atoms with Crippen LogP contribution >= 0.6 is 11.5 Å². The van der Waals surface area contributed by atoms with Crippen LogP contribution in [0.5, 0.6) is 0 Å². The van der Waals surface area contributed by atoms with E-state index >= 15 is 0 Å². The van der Waals surface area contributed by atoms with Gasteiger partial charge in [0.05, 0.1) is 11.7 Å². The number of hydrogen-bond acceptors (Lipinski definition) is 4. The van der Waals surface area contributed by atoms with Gasteiger partial charge in [0.15, 0.2) is 0 Å². The van der Waals surface area contributed by atoms with Gasteiger partial charge in [-0.2, -0.15) is 0 Å². The fourth-order valence-corrected chi connectivity index (χ4v) is 2.32. The van der Waals surface area contributed by atoms with Gasteiger partial charge in [-0.3, -0.25) is 0 Å². The van der Waals surface area contributed by atoms with E-state index in [1.54, 1.807) is 0 Å². The van der Waals surface area contributed by atoms with Gasteiger partial charge >= 0.3 is 0 Å². The van der Waals surface area contributed by atoms with Crippen LogP contribution in [0.15, 0.2) is 29.6 Å². The Balaban J connectivity index is 2.10. The molecule has 0 radical (unpaired) electrons. The lowest BCUT2D eigenvalue weighted by Gasteiger charge is -2.15. The molecule has 0 fully saturated rings. The Labute approximate surface area is 106 Å². The Morgan fingerprint density at radius 3 is 2.65 bits per heavy atom. The predicted octanol–water partition coefficient (Wildman–Crippen LogP) is 2.74. The first kappa shape index (κ1) is 12.2. The maximum absolute atomic E-state index is 4.15. The Bertz CT molecular complexity index is 436. The third kappa shape index (κ3) is 3.35. The summed E-state index contributed by atoms with van der Waals surface area (Å²) in [4.78, 5) is 0. The van der Waals surface area contributed by atoms with Crippen molar-refractivity contribution < 1.29 is 0 Å². The molecule has 3 nitrogen and oxygen atoms in total. The standard InChI is InChI=1S/C13H17N3S/c1-3-14-12(13-9-17-16-15-13)8-11-6-4-10(2)5-7-11/h4-7,9,12,14H,3,8H2,1-2H3. The highest BCUT2D eigenvalue weighted by Gasteiger charge is 2.13. The molecule has 2 aromatic rings. The quantitative estimate of drug-likeness (QED) is 0.883. The highest BCUT2D eigenvalue weighted by atomic mass is 32.1. The van der Waals surface area contributed by atoms with E-state index in [2.05, 4.69) is 53.0 Å². The molecule has 1 atom stereocenters. The summed E-state index contributed by atoms with van der Waals surface area (Å²) in [5.74, 6) is 0. The van der Waals surface area contributed by atoms with Crippen LogP contribution in [0.1, 0.15) is 29.8 Å². The molecule has 1 heterocycles. The molecule has 1 N–H and O–H groups in total. The second kappa shape index (κ2) is 5.89. The van der Waals surface area contributed by atoms with Gasteiger partial charge in [-0.25, -0.2) is 0 Å². The van der Waals surface area contributed by atoms with Crippen LogP contribution in [0.4, 0.5) is 0 Å². The van der Waals surface area contributed by atoms with Crippen molar-refractivity contribution in [2.45, 2.75) is 26.3 Å². The topological polar surface area (TPSA) is 37.8 Å². The van der Waals surface area contributed by atoms with Crippen LogP contribution in [0.25, 0.3) is 0 Å². The molecule has 0 aliphatic carbocycles. The molecule has 17 heavy (non-hydrogen) atoms. The number of nitrogens with zero attached hydrogens (tertiary/aromatic N) is 2. The molecular formula is C13H17N3S. The Morgan fingerprint density at radius 1 is 1.29 bits per heavy atom. The second-order valence-corrected chi connectivity index (χ2v) is 4.74. The first-order valence-electron chi connectivity index (χ1n) is 5.85. The summed E-state index contributed by atoms with van der Waals surface area (Å²) in [5.41, 5.74) is 3.66. The van der Waals surface area contributed by atoms with Crippen LogP contribution in [-0.4, -0.2) is 16.1 Å². The first-order chi connectivity index (χ1) is 8.29. The van der Waals surface area contributed by atoms with Gasteiger partial charge < -0.3 is 5.32 Å². The van der Waals surface area contributed by atoms with Gasteiger partial charge in [0, 0.05) is 5.38 Å². The van der Waals surface area contributed by atoms with Gasteiger partial charge in [0.1, 0.15) is 0 Å². The van der Waals surface area contributed by atoms with Crippen LogP contribution < -0.4 is 5.32 Å². The van der Waals surface area contributed by atoms with E-state index < -0.39 is 0 Å². The molecule has 2 rings (SSSR count). The van der Waals surface area contributed by atoms with E-state index in [0.29, 0.717) is 0 Å². The minimum atomic E-state index is 0.265. The van der Waals surface area contributed by atoms with Crippen molar-refractivity contribution in [2.24, 2.45) is 0 Å². The minimum Gasteiger partial charge on any atom is -0.309 e. The molecule has 0 amide bonds. The zero-order chi connectivity index (χ0) is 12.1. The number of likely N-dealkylation sites (N-methyl/N-ethyl adjacent to an activating group) is 1. The van der Waals surface area contributed by atoms with Crippen molar-refractivity contribution in [1.29, 1.82) is 0 Å². The van der Waals surface area contributed by atoms with E-state index in [1.807, 2.05) is 5.38 Å². The lowest BCUT2D eigenvalue weighted by molar-refractivity contribution is 0.535. The molecule has 0 spiro atoms. The summed E-state index contributed by atoms with van der Waals surface area (Å²) in [7, 11) is 0. The normalized spacial score (nSPS) is 12.6. The SMILES string of the molecule is CCNC(Cc1ccc(C)cc1)c1csnn1. The van der Waals surface area contributed by atoms with Gasteiger partial charge in [-0.1, -0.05) is 41.2 Å². The van der Waals surface area contributed by atoms with Crippen molar-refractivity contribution >= 4 is 11.5 Å². The van der Waals surface area contributed by atoms with Crippen molar-refractivity contribution in [1.82, 2.24) is 14.9 Å². The smallest absolute Gasteiger partial charge is 0.0928 e. The molecule has 4 heteroatoms. The summed E-state index contributed by atoms with van der Waals surface area (Å²) >= 11 is 1.41. The monoisotopic (exact) mass is 247 g/mol. The third-order valence-electron chi connectivity index (χ3n) is 2.74. The van der Waals surface area contributed by atoms with Crippen molar-refractivity contribution in [3.63, 3.8) is 0 Å². The largest absolute Gasteiger partial charge is 0.309 e. The molecule has 1 aromatic carbocycles. The number of benzene rings is 1. The Kier molecular flexibility index (Phi) is 4.23. The zero-order valence-electron chi connectivity index (χ0n) is 10.2. The number of hydrogen-bond donors (Lipinski definition) is 1. The lowest BCUT2D eigenvalue weighted by atomic mass is 10.0. The Morgan fingerprint density at radius 2 is 2.06 bits per heavy atom. The van der Waals surface area contributed by atoms with Gasteiger partial charge in [-0.05, 0) is 37.0 Å². The zero-order valence-corrected chi connectivity index (χ0v) is 11.0. The molecule has 0 saturated heterocycles. The van der Waals surface area contributed by atoms with E-state index in [1.165, 1.54) is 22.7 Å². The van der Waals surface area contributed by atoms with E-state index in [-0.39, 0.29) is 6.04 Å². The van der Waals surface area contributed by atoms with Crippen LogP contribution in [0, 0.1) is 6.92 Å². The molecule has 1 unspecified atom stereocenters. The van der Waals surface area contributed by atoms with E-state index in [4.69, 9.17) is 0 Å². The van der Waals surface area contributed by atoms with Gasteiger partial charge in [-0.15, -0.1) is 5.10 Å². The molecule has 1 aromatic heterocycles. The highest BCUT2D eigenvalue weighted by Crippen LogP contribution is 2.17.